The average molecular weight is 1180 g/mol. The molecule has 0 saturated carbocycles. The number of rotatable bonds is 35. The summed E-state index contributed by atoms with van der Waals surface area (Å²) in [6.07, 6.45) is -5.42. The Kier molecular flexibility index (Phi) is 26.1. The van der Waals surface area contributed by atoms with Gasteiger partial charge < -0.3 is 84.7 Å². The number of anilines is 2. The molecule has 3 aromatic rings. The minimum absolute atomic E-state index is 0.00727. The van der Waals surface area contributed by atoms with E-state index in [1.807, 2.05) is 5.32 Å². The number of aliphatic carboxylic acids is 5. The maximum Gasteiger partial charge on any atom is 0.327 e. The van der Waals surface area contributed by atoms with Gasteiger partial charge in [-0.15, -0.1) is 0 Å². The van der Waals surface area contributed by atoms with E-state index in [2.05, 4.69) is 46.9 Å². The standard InChI is InChI=1S/C47H61N13O19S2/c1-22(61)79-14-15-80-81-21-32(43(76)77)56-41(73)31(18-35(65)66)55-40(72)30(17-34(63)64)54-39(71)28(4-3-13-51-45(48)49)57-44(78)47(2,19-36(67)68)60-33(62)12-11-29(42(74)75)53-37(69)24-6-8-25(9-7-24)52-20-23-5-10-27-26(16-23)38(70)59-46(50)58-27/h5-10,16,28-32,52H,3-4,11-15,17-21H2,1-2H3,(H,53,69)(H,54,71)(H,55,72)(H,56,73)(H,57,78)(H,60,62)(H,63,64)(H,65,66)(H,67,68)(H,74,75)(H,76,77)(H4,48,49,51)(H3,50,58,59,70)/t28-,29-,30+,31-,32-,47-/m0/s1. The molecule has 0 unspecified atom stereocenters. The summed E-state index contributed by atoms with van der Waals surface area (Å²) in [5.41, 5.74) is 15.2. The van der Waals surface area contributed by atoms with Gasteiger partial charge in [-0.2, -0.15) is 0 Å². The van der Waals surface area contributed by atoms with Crippen molar-refractivity contribution in [2.75, 3.05) is 35.7 Å². The van der Waals surface area contributed by atoms with Crippen LogP contribution in [0.1, 0.15) is 74.7 Å². The van der Waals surface area contributed by atoms with E-state index >= 15 is 0 Å². The molecule has 34 heteroatoms. The van der Waals surface area contributed by atoms with E-state index in [1.165, 1.54) is 31.2 Å². The van der Waals surface area contributed by atoms with E-state index in [1.54, 1.807) is 18.2 Å². The average Bonchev–Trinajstić information content (AvgIpc) is 3.37. The molecule has 6 amide bonds. The highest BCUT2D eigenvalue weighted by molar-refractivity contribution is 8.76. The highest BCUT2D eigenvalue weighted by Gasteiger charge is 2.40. The smallest absolute Gasteiger partial charge is 0.327 e. The molecule has 440 valence electrons. The number of guanidine groups is 1. The van der Waals surface area contributed by atoms with Gasteiger partial charge in [0.2, 0.25) is 35.5 Å². The Labute approximate surface area is 466 Å². The van der Waals surface area contributed by atoms with Crippen LogP contribution >= 0.6 is 21.6 Å². The number of carboxylic acid groups (broad SMARTS) is 5. The first-order valence-corrected chi connectivity index (χ1v) is 26.6. The maximum atomic E-state index is 14.0. The van der Waals surface area contributed by atoms with Crippen molar-refractivity contribution in [1.29, 1.82) is 0 Å². The Bertz CT molecular complexity index is 2920. The van der Waals surface area contributed by atoms with E-state index in [9.17, 15) is 87.9 Å². The molecule has 1 heterocycles. The molecule has 19 N–H and O–H groups in total. The second-order valence-electron chi connectivity index (χ2n) is 17.7. The van der Waals surface area contributed by atoms with E-state index < -0.39 is 151 Å². The van der Waals surface area contributed by atoms with E-state index in [0.717, 1.165) is 28.5 Å². The molecule has 1 aromatic heterocycles. The lowest BCUT2D eigenvalue weighted by molar-refractivity contribution is -0.145. The summed E-state index contributed by atoms with van der Waals surface area (Å²) >= 11 is 0. The van der Waals surface area contributed by atoms with Gasteiger partial charge in [-0.25, -0.2) is 14.6 Å². The van der Waals surface area contributed by atoms with Crippen molar-refractivity contribution in [2.24, 2.45) is 16.5 Å². The molecule has 0 spiro atoms. The van der Waals surface area contributed by atoms with Gasteiger partial charge in [0.1, 0.15) is 42.4 Å². The van der Waals surface area contributed by atoms with Crippen LogP contribution in [0.3, 0.4) is 0 Å². The molecule has 0 bridgehead atoms. The van der Waals surface area contributed by atoms with Crippen LogP contribution in [-0.4, -0.2) is 173 Å². The number of carbonyl (C=O) groups excluding carboxylic acids is 7. The Balaban J connectivity index is 1.74. The Hall–Kier alpha value is -9.21. The third kappa shape index (κ3) is 23.3. The summed E-state index contributed by atoms with van der Waals surface area (Å²) in [4.78, 5) is 175. The molecular formula is C47H61N13O19S2. The van der Waals surface area contributed by atoms with E-state index in [0.29, 0.717) is 22.2 Å². The summed E-state index contributed by atoms with van der Waals surface area (Å²) in [6, 6.07) is 1.42. The van der Waals surface area contributed by atoms with Crippen molar-refractivity contribution in [3.05, 3.63) is 63.9 Å². The van der Waals surface area contributed by atoms with Crippen LogP contribution in [0, 0.1) is 0 Å². The fraction of sp³-hybridized carbons (Fsp3) is 0.426. The lowest BCUT2D eigenvalue weighted by atomic mass is 9.94. The molecule has 81 heavy (non-hydrogen) atoms. The minimum Gasteiger partial charge on any atom is -0.481 e. The second kappa shape index (κ2) is 32.0. The van der Waals surface area contributed by atoms with Crippen molar-refractivity contribution in [3.63, 3.8) is 0 Å². The fourth-order valence-electron chi connectivity index (χ4n) is 7.13. The number of H-pyrrole nitrogens is 1. The molecule has 3 rings (SSSR count). The first-order chi connectivity index (χ1) is 38.1. The van der Waals surface area contributed by atoms with Crippen LogP contribution < -0.4 is 60.0 Å². The van der Waals surface area contributed by atoms with Gasteiger partial charge in [0, 0.05) is 49.2 Å². The number of aromatic nitrogens is 2. The summed E-state index contributed by atoms with van der Waals surface area (Å²) in [5, 5.41) is 65.0. The number of amides is 6. The lowest BCUT2D eigenvalue weighted by Crippen LogP contribution is -2.62. The number of nitrogens with one attached hydrogen (secondary N) is 8. The summed E-state index contributed by atoms with van der Waals surface area (Å²) in [5.74, 6) is -16.7. The molecule has 2 aromatic carbocycles. The highest BCUT2D eigenvalue weighted by atomic mass is 33.1. The first-order valence-electron chi connectivity index (χ1n) is 24.1. The minimum atomic E-state index is -2.43. The number of nitrogen functional groups attached to an aromatic ring is 1. The molecule has 0 aliphatic carbocycles. The van der Waals surface area contributed by atoms with Gasteiger partial charge in [-0.3, -0.25) is 62.7 Å². The number of nitrogens with zero attached hydrogens (tertiary/aromatic N) is 2. The van der Waals surface area contributed by atoms with Crippen molar-refractivity contribution < 1.29 is 87.8 Å². The van der Waals surface area contributed by atoms with Crippen LogP contribution in [0.25, 0.3) is 10.9 Å². The topological polar surface area (TPSA) is 536 Å². The van der Waals surface area contributed by atoms with Gasteiger partial charge >= 0.3 is 35.8 Å². The summed E-state index contributed by atoms with van der Waals surface area (Å²) in [7, 11) is 2.02. The molecule has 32 nitrogen and oxygen atoms in total. The number of aromatic amines is 1. The van der Waals surface area contributed by atoms with Crippen LogP contribution in [0.4, 0.5) is 11.6 Å². The fourth-order valence-corrected chi connectivity index (χ4v) is 9.11. The zero-order valence-corrected chi connectivity index (χ0v) is 44.9. The molecule has 0 saturated heterocycles. The third-order valence-electron chi connectivity index (χ3n) is 11.1. The van der Waals surface area contributed by atoms with Gasteiger partial charge in [0.05, 0.1) is 30.2 Å². The highest BCUT2D eigenvalue weighted by Crippen LogP contribution is 2.22. The number of benzene rings is 2. The monoisotopic (exact) mass is 1180 g/mol. The largest absolute Gasteiger partial charge is 0.481 e. The van der Waals surface area contributed by atoms with Crippen LogP contribution in [0.2, 0.25) is 0 Å². The van der Waals surface area contributed by atoms with E-state index in [4.69, 9.17) is 21.9 Å². The Morgan fingerprint density at radius 1 is 0.741 bits per heavy atom. The van der Waals surface area contributed by atoms with Crippen molar-refractivity contribution in [2.45, 2.75) is 101 Å². The lowest BCUT2D eigenvalue weighted by Gasteiger charge is -2.31. The normalized spacial score (nSPS) is 13.4. The van der Waals surface area contributed by atoms with Gasteiger partial charge in [-0.1, -0.05) is 27.7 Å². The molecule has 0 radical (unpaired) electrons. The summed E-state index contributed by atoms with van der Waals surface area (Å²) in [6.45, 7) is 2.19. The number of aliphatic imine (C=N–C) groups is 1. The van der Waals surface area contributed by atoms with Gasteiger partial charge in [-0.05, 0) is 68.1 Å². The molecule has 0 aliphatic rings. The number of ether oxygens (including phenoxy) is 1. The number of fused-ring (bicyclic) bond motifs is 1. The third-order valence-corrected chi connectivity index (χ3v) is 13.5. The number of nitrogens with two attached hydrogens (primary N) is 3. The number of hydrogen-bond donors (Lipinski definition) is 16. The SMILES string of the molecule is CC(=O)OCCSSC[C@H](NC(=O)[C@H](CC(=O)O)NC(=O)[C@@H](CC(=O)O)NC(=O)[C@H](CCCN=C(N)N)NC(=O)[C@](C)(CC(=O)O)NC(=O)CC[C@H](NC(=O)c1ccc(NCc2ccc3nc(N)[nH]c(=O)c3c2)cc1)C(=O)O)C(=O)O. The van der Waals surface area contributed by atoms with Crippen LogP contribution in [-0.2, 0) is 64.0 Å². The van der Waals surface area contributed by atoms with Crippen LogP contribution in [0.15, 0.2) is 52.3 Å². The molecule has 6 atom stereocenters. The van der Waals surface area contributed by atoms with Crippen molar-refractivity contribution in [3.8, 4) is 0 Å². The van der Waals surface area contributed by atoms with Gasteiger partial charge in [0.15, 0.2) is 5.96 Å². The van der Waals surface area contributed by atoms with Crippen LogP contribution in [0.5, 0.6) is 0 Å². The predicted octanol–water partition coefficient (Wildman–Crippen LogP) is -2.60. The zero-order valence-electron chi connectivity index (χ0n) is 43.3. The summed E-state index contributed by atoms with van der Waals surface area (Å²) < 4.78 is 4.78. The molecule has 0 aliphatic heterocycles. The molecule has 0 fully saturated rings. The number of hydrogen-bond acceptors (Lipinski definition) is 20. The second-order valence-corrected chi connectivity index (χ2v) is 20.4. The Morgan fingerprint density at radius 3 is 1.89 bits per heavy atom. The van der Waals surface area contributed by atoms with Gasteiger partial charge in [0.25, 0.3) is 11.5 Å². The molecular weight excluding hydrogens is 1110 g/mol. The van der Waals surface area contributed by atoms with Crippen molar-refractivity contribution >= 4 is 121 Å². The zero-order chi connectivity index (χ0) is 60.6. The number of carbonyl (C=O) groups is 12. The van der Waals surface area contributed by atoms with Crippen molar-refractivity contribution in [1.82, 2.24) is 41.9 Å². The first kappa shape index (κ1) is 66.1. The number of esters is 1. The Morgan fingerprint density at radius 2 is 1.33 bits per heavy atom. The number of carboxylic acids is 5. The van der Waals surface area contributed by atoms with E-state index in [-0.39, 0.29) is 55.1 Å². The quantitative estimate of drug-likeness (QED) is 0.00944. The predicted molar refractivity (Wildman–Crippen MR) is 289 cm³/mol. The maximum absolute atomic E-state index is 14.0.